The zero-order valence-corrected chi connectivity index (χ0v) is 41.2. The normalized spacial score (nSPS) is 13.3. The van der Waals surface area contributed by atoms with E-state index in [0.717, 1.165) is 29.8 Å². The van der Waals surface area contributed by atoms with Gasteiger partial charge >= 0.3 is 0 Å². The average molecular weight is 1030 g/mol. The maximum Gasteiger partial charge on any atom is 0.267 e. The van der Waals surface area contributed by atoms with Crippen molar-refractivity contribution >= 4 is 90.9 Å². The van der Waals surface area contributed by atoms with Crippen molar-refractivity contribution in [3.05, 3.63) is 116 Å². The number of aromatic nitrogens is 4. The number of benzene rings is 2. The number of Topliss-reactive ketones (excluding diaryl/α,β-unsaturated/α-hetero) is 1. The minimum atomic E-state index is -0.308. The number of hydrogen-bond acceptors (Lipinski definition) is 15. The number of ether oxygens (including phenoxy) is 2. The van der Waals surface area contributed by atoms with E-state index in [0.29, 0.717) is 87.7 Å². The summed E-state index contributed by atoms with van der Waals surface area (Å²) < 4.78 is 11.9. The number of nitrogens with zero attached hydrogens (tertiary/aromatic N) is 7. The quantitative estimate of drug-likeness (QED) is 0.0219. The first-order valence-electron chi connectivity index (χ1n) is 22.1. The highest BCUT2D eigenvalue weighted by molar-refractivity contribution is 9.10. The molecule has 356 valence electrons. The summed E-state index contributed by atoms with van der Waals surface area (Å²) in [5.41, 5.74) is 2.95. The molecule has 3 amide bonds. The van der Waals surface area contributed by atoms with Gasteiger partial charge in [0.15, 0.2) is 17.5 Å². The third-order valence-corrected chi connectivity index (χ3v) is 12.4. The number of nitriles is 1. The van der Waals surface area contributed by atoms with E-state index in [-0.39, 0.29) is 67.7 Å². The van der Waals surface area contributed by atoms with Crippen LogP contribution in [-0.2, 0) is 19.1 Å². The van der Waals surface area contributed by atoms with Crippen molar-refractivity contribution in [3.8, 4) is 11.8 Å². The van der Waals surface area contributed by atoms with Crippen molar-refractivity contribution in [2.24, 2.45) is 0 Å². The topological polar surface area (TPSA) is 217 Å². The van der Waals surface area contributed by atoms with Crippen LogP contribution in [0.15, 0.2) is 83.1 Å². The highest BCUT2D eigenvalue weighted by Gasteiger charge is 2.22. The van der Waals surface area contributed by atoms with Gasteiger partial charge in [0.1, 0.15) is 38.8 Å². The number of aryl methyl sites for hydroxylation is 2. The smallest absolute Gasteiger partial charge is 0.267 e. The molecule has 1 aliphatic heterocycles. The van der Waals surface area contributed by atoms with Crippen molar-refractivity contribution in [2.75, 3.05) is 81.2 Å². The van der Waals surface area contributed by atoms with Crippen LogP contribution >= 0.6 is 38.9 Å². The van der Waals surface area contributed by atoms with Crippen molar-refractivity contribution < 1.29 is 28.7 Å². The first-order chi connectivity index (χ1) is 32.9. The lowest BCUT2D eigenvalue weighted by atomic mass is 9.88. The van der Waals surface area contributed by atoms with E-state index in [4.69, 9.17) is 21.1 Å². The number of carbonyl (C=O) groups excluding carboxylic acids is 4. The molecule has 1 saturated heterocycles. The fourth-order valence-electron chi connectivity index (χ4n) is 7.24. The van der Waals surface area contributed by atoms with Gasteiger partial charge in [0.05, 0.1) is 47.9 Å². The maximum atomic E-state index is 13.1. The van der Waals surface area contributed by atoms with Gasteiger partial charge < -0.3 is 35.6 Å². The zero-order valence-electron chi connectivity index (χ0n) is 38.0. The second-order valence-corrected chi connectivity index (χ2v) is 18.1. The van der Waals surface area contributed by atoms with E-state index >= 15 is 0 Å². The Morgan fingerprint density at radius 1 is 0.956 bits per heavy atom. The van der Waals surface area contributed by atoms with Crippen LogP contribution in [0.4, 0.5) is 22.5 Å². The van der Waals surface area contributed by atoms with Crippen LogP contribution < -0.4 is 30.9 Å². The Balaban J connectivity index is 0.828. The van der Waals surface area contributed by atoms with E-state index in [9.17, 15) is 24.4 Å². The number of piperazine rings is 1. The molecule has 6 rings (SSSR count). The standard InChI is InChI=1S/C48H53BrClN11O6S/c1-4-7-34(25-39(62)35(27-51)24-36-9-6-11-41(49)57-36)33-12-14-37(15-13-33)67-30-45(64)53-17-23-66-22-16-52-44(63)29-60-18-20-61(21-19-60)43-26-42(55-32(3)56-43)58-48-54-28-40(68-48)47(65)59-46-31(2)8-5-10-38(46)50/h5-6,8-15,24,26,28,34H,4,7,16-23,25,29-30H2,1-3H3,(H,52,63)(H,53,64)(H,59,65)(H,54,55,56,58)/b35-24+. The van der Waals surface area contributed by atoms with Crippen LogP contribution in [0.25, 0.3) is 6.08 Å². The van der Waals surface area contributed by atoms with E-state index in [1.54, 1.807) is 36.4 Å². The number of amides is 3. The molecule has 1 fully saturated rings. The summed E-state index contributed by atoms with van der Waals surface area (Å²) in [6.07, 6.45) is 4.82. The Morgan fingerprint density at radius 2 is 1.69 bits per heavy atom. The summed E-state index contributed by atoms with van der Waals surface area (Å²) in [4.78, 5) is 73.6. The van der Waals surface area contributed by atoms with Crippen LogP contribution in [0.3, 0.4) is 0 Å². The highest BCUT2D eigenvalue weighted by atomic mass is 79.9. The molecule has 0 radical (unpaired) electrons. The van der Waals surface area contributed by atoms with Gasteiger partial charge in [-0.05, 0) is 89.7 Å². The predicted molar refractivity (Wildman–Crippen MR) is 267 cm³/mol. The molecule has 20 heteroatoms. The van der Waals surface area contributed by atoms with Crippen molar-refractivity contribution in [2.45, 2.75) is 46.0 Å². The third-order valence-electron chi connectivity index (χ3n) is 10.7. The summed E-state index contributed by atoms with van der Waals surface area (Å²) in [6.45, 7) is 9.64. The fourth-order valence-corrected chi connectivity index (χ4v) is 8.59. The molecule has 1 aliphatic rings. The molecular formula is C48H53BrClN11O6S. The molecule has 17 nitrogen and oxygen atoms in total. The molecule has 2 aromatic carbocycles. The van der Waals surface area contributed by atoms with Gasteiger partial charge in [-0.3, -0.25) is 24.1 Å². The Kier molecular flexibility index (Phi) is 19.3. The van der Waals surface area contributed by atoms with Crippen LogP contribution in [-0.4, -0.2) is 114 Å². The van der Waals surface area contributed by atoms with Gasteiger partial charge in [-0.1, -0.05) is 66.6 Å². The summed E-state index contributed by atoms with van der Waals surface area (Å²) in [6, 6.07) is 21.9. The second kappa shape index (κ2) is 25.7. The number of halogens is 2. The third kappa shape index (κ3) is 15.6. The molecule has 4 N–H and O–H groups in total. The fraction of sp³-hybridized carbons (Fsp3) is 0.354. The molecule has 1 atom stereocenters. The maximum absolute atomic E-state index is 13.1. The molecular weight excluding hydrogens is 974 g/mol. The molecule has 5 aromatic rings. The number of ketones is 1. The van der Waals surface area contributed by atoms with Crippen molar-refractivity contribution in [3.63, 3.8) is 0 Å². The Bertz CT molecular complexity index is 2600. The Labute approximate surface area is 412 Å². The van der Waals surface area contributed by atoms with Crippen molar-refractivity contribution in [1.82, 2.24) is 35.5 Å². The van der Waals surface area contributed by atoms with Gasteiger partial charge in [0.25, 0.3) is 11.8 Å². The molecule has 0 spiro atoms. The first kappa shape index (κ1) is 51.1. The van der Waals surface area contributed by atoms with Crippen LogP contribution in [0, 0.1) is 25.2 Å². The summed E-state index contributed by atoms with van der Waals surface area (Å²) in [5, 5.41) is 22.4. The lowest BCUT2D eigenvalue weighted by Gasteiger charge is -2.35. The number of carbonyl (C=O) groups is 4. The van der Waals surface area contributed by atoms with Crippen molar-refractivity contribution in [1.29, 1.82) is 5.26 Å². The summed E-state index contributed by atoms with van der Waals surface area (Å²) >= 11 is 10.8. The lowest BCUT2D eigenvalue weighted by molar-refractivity contribution is -0.123. The minimum Gasteiger partial charge on any atom is -0.484 e. The van der Waals surface area contributed by atoms with E-state index in [1.165, 1.54) is 23.6 Å². The van der Waals surface area contributed by atoms with E-state index in [1.807, 2.05) is 57.2 Å². The summed E-state index contributed by atoms with van der Waals surface area (Å²) in [5.74, 6) is 1.34. The molecule has 0 aliphatic carbocycles. The first-order valence-corrected chi connectivity index (χ1v) is 24.1. The Morgan fingerprint density at radius 3 is 2.40 bits per heavy atom. The predicted octanol–water partition coefficient (Wildman–Crippen LogP) is 7.26. The zero-order chi connectivity index (χ0) is 48.4. The SMILES string of the molecule is CCCC(CC(=O)/C(C#N)=C/c1cccc(Br)n1)c1ccc(OCC(=O)NCCOCCNC(=O)CN2CCN(c3cc(Nc4ncc(C(=O)Nc5c(C)cccc5Cl)s4)nc(C)n3)CC2)cc1. The molecule has 1 unspecified atom stereocenters. The monoisotopic (exact) mass is 1030 g/mol. The number of rotatable bonds is 23. The number of nitrogens with one attached hydrogen (secondary N) is 4. The number of pyridine rings is 1. The number of hydrogen-bond donors (Lipinski definition) is 4. The van der Waals surface area contributed by atoms with Gasteiger partial charge in [0.2, 0.25) is 5.91 Å². The Hall–Kier alpha value is -6.30. The van der Waals surface area contributed by atoms with Gasteiger partial charge in [-0.25, -0.2) is 19.9 Å². The average Bonchev–Trinajstić information content (AvgIpc) is 3.79. The number of thiazole rings is 1. The number of anilines is 4. The van der Waals surface area contributed by atoms with Gasteiger partial charge in [-0.15, -0.1) is 0 Å². The number of allylic oxidation sites excluding steroid dienone is 1. The lowest BCUT2D eigenvalue weighted by Crippen LogP contribution is -2.50. The molecule has 68 heavy (non-hydrogen) atoms. The molecule has 0 bridgehead atoms. The second-order valence-electron chi connectivity index (χ2n) is 15.8. The van der Waals surface area contributed by atoms with Crippen LogP contribution in [0.5, 0.6) is 5.75 Å². The van der Waals surface area contributed by atoms with E-state index in [2.05, 4.69) is 66.9 Å². The van der Waals surface area contributed by atoms with Crippen LogP contribution in [0.2, 0.25) is 5.02 Å². The van der Waals surface area contributed by atoms with Gasteiger partial charge in [0, 0.05) is 51.8 Å². The van der Waals surface area contributed by atoms with Gasteiger partial charge in [-0.2, -0.15) is 5.26 Å². The molecule has 3 aromatic heterocycles. The largest absolute Gasteiger partial charge is 0.484 e. The number of para-hydroxylation sites is 1. The molecule has 4 heterocycles. The summed E-state index contributed by atoms with van der Waals surface area (Å²) in [7, 11) is 0. The van der Waals surface area contributed by atoms with Crippen LogP contribution in [0.1, 0.15) is 64.4 Å². The highest BCUT2D eigenvalue weighted by Crippen LogP contribution is 2.30. The minimum absolute atomic E-state index is 0.0552. The molecule has 0 saturated carbocycles. The van der Waals surface area contributed by atoms with E-state index < -0.39 is 0 Å².